The van der Waals surface area contributed by atoms with E-state index in [1.54, 1.807) is 36.4 Å². The van der Waals surface area contributed by atoms with Crippen LogP contribution in [0, 0.1) is 0 Å². The molecule has 2 aliphatic rings. The van der Waals surface area contributed by atoms with Gasteiger partial charge in [0.25, 0.3) is 0 Å². The van der Waals surface area contributed by atoms with Gasteiger partial charge >= 0.3 is 59.1 Å². The van der Waals surface area contributed by atoms with Gasteiger partial charge in [0.2, 0.25) is 35.7 Å². The minimum absolute atomic E-state index is 0. The summed E-state index contributed by atoms with van der Waals surface area (Å²) in [7, 11) is 0. The van der Waals surface area contributed by atoms with Gasteiger partial charge < -0.3 is 48.5 Å². The molecule has 18 nitrogen and oxygen atoms in total. The maximum Gasteiger partial charge on any atom is 1.00 e. The molecule has 64 heavy (non-hydrogen) atoms. The molecule has 2 aromatic heterocycles. The van der Waals surface area contributed by atoms with Gasteiger partial charge in [-0.2, -0.15) is 29.9 Å². The van der Waals surface area contributed by atoms with Gasteiger partial charge in [-0.15, -0.1) is 0 Å². The van der Waals surface area contributed by atoms with Gasteiger partial charge in [-0.05, 0) is 87.1 Å². The minimum Gasteiger partial charge on any atom is -0.740 e. The summed E-state index contributed by atoms with van der Waals surface area (Å²) in [5.41, 5.74) is 3.20. The number of hydrogen-bond donors (Lipinski definition) is 4. The standard InChI is InChI=1S/C42H44N12O6S2.2Na/c55-61(56)59-35-27-33(45-39-47-37(43-31-13-5-1-6-14-31)49-41(51-39)53-23-9-3-10-24-53)21-19-29(35)17-18-30-20-22-34(28-36(30)60-62(57)58)46-40-48-38(44-32-15-7-2-8-16-32)50-42(52-40)54-25-11-4-12-26-54;;/h1-2,5-8,13-22,27-28H,3-4,9-12,23-26H2,(H,55,56)(H,57,58)(H2,43,45,47,49,51)(H2,44,46,48,50,52);;/q;2*+1/p-2/b18-17+;;. The van der Waals surface area contributed by atoms with Crippen LogP contribution in [0.25, 0.3) is 12.2 Å². The number of aromatic nitrogens is 6. The second-order valence-electron chi connectivity index (χ2n) is 14.3. The molecule has 0 bridgehead atoms. The van der Waals surface area contributed by atoms with Crippen LogP contribution in [0.3, 0.4) is 0 Å². The molecule has 2 saturated heterocycles. The van der Waals surface area contributed by atoms with E-state index in [9.17, 15) is 17.5 Å². The Kier molecular flexibility index (Phi) is 18.2. The molecule has 0 saturated carbocycles. The monoisotopic (exact) mass is 920 g/mol. The summed E-state index contributed by atoms with van der Waals surface area (Å²) < 4.78 is 57.8. The fraction of sp³-hybridized carbons (Fsp3) is 0.238. The van der Waals surface area contributed by atoms with Crippen LogP contribution < -0.4 is 98.5 Å². The van der Waals surface area contributed by atoms with Gasteiger partial charge in [0.15, 0.2) is 0 Å². The maximum absolute atomic E-state index is 11.9. The molecule has 4 heterocycles. The molecule has 0 spiro atoms. The van der Waals surface area contributed by atoms with Crippen LogP contribution in [0.15, 0.2) is 97.1 Å². The van der Waals surface area contributed by atoms with Crippen LogP contribution in [0.2, 0.25) is 0 Å². The summed E-state index contributed by atoms with van der Waals surface area (Å²) in [5.74, 6) is 2.14. The number of benzene rings is 4. The fourth-order valence-corrected chi connectivity index (χ4v) is 7.54. The van der Waals surface area contributed by atoms with Crippen molar-refractivity contribution in [2.24, 2.45) is 0 Å². The normalized spacial score (nSPS) is 14.7. The van der Waals surface area contributed by atoms with Crippen molar-refractivity contribution in [2.45, 2.75) is 38.5 Å². The van der Waals surface area contributed by atoms with E-state index in [-0.39, 0.29) is 82.5 Å². The van der Waals surface area contributed by atoms with Gasteiger partial charge in [-0.1, -0.05) is 48.6 Å². The molecule has 4 N–H and O–H groups in total. The van der Waals surface area contributed by atoms with E-state index < -0.39 is 22.7 Å². The van der Waals surface area contributed by atoms with E-state index >= 15 is 0 Å². The average Bonchev–Trinajstić information content (AvgIpc) is 3.27. The Bertz CT molecular complexity index is 2380. The van der Waals surface area contributed by atoms with Crippen LogP contribution in [-0.4, -0.2) is 73.6 Å². The summed E-state index contributed by atoms with van der Waals surface area (Å²) in [5, 5.41) is 12.8. The van der Waals surface area contributed by atoms with Crippen molar-refractivity contribution in [3.8, 4) is 11.5 Å². The molecule has 2 atom stereocenters. The molecule has 0 radical (unpaired) electrons. The number of rotatable bonds is 16. The summed E-state index contributed by atoms with van der Waals surface area (Å²) in [6.45, 7) is 3.25. The first-order valence-corrected chi connectivity index (χ1v) is 22.0. The Hall–Kier alpha value is -4.74. The smallest absolute Gasteiger partial charge is 0.740 e. The minimum atomic E-state index is -2.92. The molecule has 8 rings (SSSR count). The van der Waals surface area contributed by atoms with Crippen molar-refractivity contribution in [1.82, 2.24) is 29.9 Å². The van der Waals surface area contributed by atoms with Gasteiger partial charge in [0, 0.05) is 72.2 Å². The summed E-state index contributed by atoms with van der Waals surface area (Å²) >= 11 is -5.85. The molecule has 320 valence electrons. The summed E-state index contributed by atoms with van der Waals surface area (Å²) in [6.07, 6.45) is 9.52. The predicted octanol–water partition coefficient (Wildman–Crippen LogP) is 1.54. The zero-order valence-electron chi connectivity index (χ0n) is 35.3. The van der Waals surface area contributed by atoms with E-state index in [0.29, 0.717) is 46.3 Å². The largest absolute Gasteiger partial charge is 1.00 e. The number of nitrogens with one attached hydrogen (secondary N) is 4. The first-order chi connectivity index (χ1) is 30.3. The molecule has 0 aliphatic carbocycles. The van der Waals surface area contributed by atoms with Gasteiger partial charge in [-0.3, -0.25) is 0 Å². The van der Waals surface area contributed by atoms with Crippen LogP contribution in [0.4, 0.5) is 58.4 Å². The first-order valence-electron chi connectivity index (χ1n) is 20.0. The molecule has 0 amide bonds. The molecule has 4 aromatic carbocycles. The van der Waals surface area contributed by atoms with Gasteiger partial charge in [0.1, 0.15) is 34.2 Å². The topological polar surface area (TPSA) is 231 Å². The van der Waals surface area contributed by atoms with E-state index in [1.165, 1.54) is 12.1 Å². The van der Waals surface area contributed by atoms with Crippen LogP contribution in [-0.2, 0) is 22.7 Å². The summed E-state index contributed by atoms with van der Waals surface area (Å²) in [6, 6.07) is 28.7. The van der Waals surface area contributed by atoms with Crippen LogP contribution in [0.5, 0.6) is 11.5 Å². The van der Waals surface area contributed by atoms with Crippen LogP contribution >= 0.6 is 0 Å². The SMILES string of the molecule is O=S([O-])Oc1cc(Nc2nc(Nc3ccccc3)nc(N3CCCCC3)n2)ccc1/C=C/c1ccc(Nc2nc(Nc3ccccc3)nc(N3CCCCC3)n2)cc1OS(=O)[O-].[Na+].[Na+]. The second kappa shape index (κ2) is 24.0. The number of anilines is 10. The molecule has 2 unspecified atom stereocenters. The Balaban J connectivity index is 0.00000340. The quantitative estimate of drug-likeness (QED) is 0.0613. The molecule has 2 fully saturated rings. The Morgan fingerprint density at radius 1 is 0.469 bits per heavy atom. The second-order valence-corrected chi connectivity index (χ2v) is 15.5. The number of para-hydroxylation sites is 2. The fourth-order valence-electron chi connectivity index (χ4n) is 6.95. The third-order valence-electron chi connectivity index (χ3n) is 9.88. The van der Waals surface area contributed by atoms with Crippen molar-refractivity contribution in [3.63, 3.8) is 0 Å². The van der Waals surface area contributed by atoms with Crippen molar-refractivity contribution in [3.05, 3.63) is 108 Å². The van der Waals surface area contributed by atoms with E-state index in [1.807, 2.05) is 60.7 Å². The first kappa shape index (κ1) is 48.7. The Morgan fingerprint density at radius 3 is 1.16 bits per heavy atom. The number of nitrogens with zero attached hydrogens (tertiary/aromatic N) is 8. The Labute approximate surface area is 420 Å². The van der Waals surface area contributed by atoms with Crippen molar-refractivity contribution >= 4 is 93.3 Å². The van der Waals surface area contributed by atoms with E-state index in [2.05, 4.69) is 61.0 Å². The third kappa shape index (κ3) is 13.9. The van der Waals surface area contributed by atoms with Crippen molar-refractivity contribution in [1.29, 1.82) is 0 Å². The molecule has 6 aromatic rings. The van der Waals surface area contributed by atoms with Crippen molar-refractivity contribution in [2.75, 3.05) is 57.2 Å². The predicted molar refractivity (Wildman–Crippen MR) is 239 cm³/mol. The zero-order chi connectivity index (χ0) is 42.7. The molecular formula is C42H42N12Na2O6S2. The molecular weight excluding hydrogens is 879 g/mol. The molecule has 22 heteroatoms. The van der Waals surface area contributed by atoms with Crippen molar-refractivity contribution < 1.29 is 85.0 Å². The maximum atomic E-state index is 11.9. The number of piperidine rings is 2. The van der Waals surface area contributed by atoms with E-state index in [0.717, 1.165) is 76.1 Å². The van der Waals surface area contributed by atoms with Crippen LogP contribution in [0.1, 0.15) is 49.7 Å². The third-order valence-corrected chi connectivity index (χ3v) is 10.5. The van der Waals surface area contributed by atoms with E-state index in [4.69, 9.17) is 8.37 Å². The zero-order valence-corrected chi connectivity index (χ0v) is 40.9. The van der Waals surface area contributed by atoms with Gasteiger partial charge in [-0.25, -0.2) is 8.42 Å². The Morgan fingerprint density at radius 2 is 0.812 bits per heavy atom. The average molecular weight is 921 g/mol. The van der Waals surface area contributed by atoms with Gasteiger partial charge in [0.05, 0.1) is 0 Å². The summed E-state index contributed by atoms with van der Waals surface area (Å²) in [4.78, 5) is 32.1. The number of hydrogen-bond acceptors (Lipinski definition) is 18. The molecule has 2 aliphatic heterocycles.